The number of fused-ring (bicyclic) bond motifs is 1. The highest BCUT2D eigenvalue weighted by Crippen LogP contribution is 2.87. The molecule has 0 radical (unpaired) electrons. The van der Waals surface area contributed by atoms with E-state index >= 15 is 0 Å². The van der Waals surface area contributed by atoms with Crippen molar-refractivity contribution in [1.82, 2.24) is 4.98 Å². The van der Waals surface area contributed by atoms with Crippen molar-refractivity contribution in [2.75, 3.05) is 6.61 Å². The van der Waals surface area contributed by atoms with Gasteiger partial charge < -0.3 is 14.9 Å². The highest BCUT2D eigenvalue weighted by atomic mass is 16.6. The van der Waals surface area contributed by atoms with Gasteiger partial charge in [0.15, 0.2) is 11.6 Å². The van der Waals surface area contributed by atoms with Crippen LogP contribution in [0.2, 0.25) is 0 Å². The lowest BCUT2D eigenvalue weighted by Crippen LogP contribution is -2.95. The molecule has 0 amide bonds. The summed E-state index contributed by atoms with van der Waals surface area (Å²) in [4.78, 5) is 45.9. The van der Waals surface area contributed by atoms with E-state index in [0.717, 1.165) is 0 Å². The molecule has 2 saturated heterocycles. The fourth-order valence-corrected chi connectivity index (χ4v) is 9.93. The lowest BCUT2D eigenvalue weighted by Gasteiger charge is -2.84. The molecule has 1 aromatic heterocycles. The molecule has 7 nitrogen and oxygen atoms in total. The Balaban J connectivity index is 1.44. The summed E-state index contributed by atoms with van der Waals surface area (Å²) in [5, 5.41) is 23.8. The predicted octanol–water partition coefficient (Wildman–Crippen LogP) is 2.12. The van der Waals surface area contributed by atoms with Crippen molar-refractivity contribution in [2.45, 2.75) is 51.4 Å². The van der Waals surface area contributed by atoms with Crippen LogP contribution >= 0.6 is 0 Å². The summed E-state index contributed by atoms with van der Waals surface area (Å²) in [6.07, 6.45) is 3.90. The second-order valence-electron chi connectivity index (χ2n) is 12.2. The summed E-state index contributed by atoms with van der Waals surface area (Å²) < 4.78 is 6.01. The summed E-state index contributed by atoms with van der Waals surface area (Å²) in [5.41, 5.74) is -3.37. The van der Waals surface area contributed by atoms with Gasteiger partial charge in [0.1, 0.15) is 17.3 Å². The summed E-state index contributed by atoms with van der Waals surface area (Å²) in [6.45, 7) is 8.25. The third-order valence-corrected chi connectivity index (χ3v) is 11.0. The number of pyridine rings is 1. The fourth-order valence-electron chi connectivity index (χ4n) is 9.93. The van der Waals surface area contributed by atoms with Crippen molar-refractivity contribution >= 4 is 17.3 Å². The second-order valence-corrected chi connectivity index (χ2v) is 12.2. The van der Waals surface area contributed by atoms with Crippen LogP contribution < -0.4 is 0 Å². The molecule has 178 valence electrons. The summed E-state index contributed by atoms with van der Waals surface area (Å²) in [6, 6.07) is 3.18. The number of Topliss-reactive ketones (excluding diaryl/α,β-unsaturated/α-hetero) is 3. The number of ether oxygens (including phenoxy) is 1. The first kappa shape index (κ1) is 21.1. The molecule has 0 aromatic carbocycles. The van der Waals surface area contributed by atoms with Gasteiger partial charge in [-0.2, -0.15) is 0 Å². The largest absolute Gasteiger partial charge is 0.387 e. The van der Waals surface area contributed by atoms with Gasteiger partial charge in [-0.1, -0.05) is 26.0 Å². The maximum atomic E-state index is 14.5. The third-order valence-electron chi connectivity index (χ3n) is 11.0. The zero-order valence-corrected chi connectivity index (χ0v) is 19.4. The second kappa shape index (κ2) is 5.77. The number of hydrogen-bond acceptors (Lipinski definition) is 7. The highest BCUT2D eigenvalue weighted by molar-refractivity contribution is 6.25. The van der Waals surface area contributed by atoms with Crippen molar-refractivity contribution in [3.8, 4) is 0 Å². The molecule has 2 bridgehead atoms. The van der Waals surface area contributed by atoms with E-state index in [1.54, 1.807) is 12.1 Å². The minimum atomic E-state index is -2.12. The lowest BCUT2D eigenvalue weighted by molar-refractivity contribution is -0.459. The Labute approximate surface area is 197 Å². The van der Waals surface area contributed by atoms with Crippen LogP contribution in [0, 0.1) is 45.3 Å². The Morgan fingerprint density at radius 2 is 1.88 bits per heavy atom. The van der Waals surface area contributed by atoms with Gasteiger partial charge in [0.05, 0.1) is 17.4 Å². The smallest absolute Gasteiger partial charge is 0.205 e. The minimum Gasteiger partial charge on any atom is -0.387 e. The molecule has 2 spiro atoms. The Bertz CT molecular complexity index is 1210. The quantitative estimate of drug-likeness (QED) is 0.392. The molecule has 2 aliphatic heterocycles. The Morgan fingerprint density at radius 3 is 2.59 bits per heavy atom. The van der Waals surface area contributed by atoms with Crippen molar-refractivity contribution < 1.29 is 29.3 Å². The van der Waals surface area contributed by atoms with Crippen molar-refractivity contribution in [3.05, 3.63) is 42.2 Å². The highest BCUT2D eigenvalue weighted by Gasteiger charge is 2.96. The molecule has 9 unspecified atom stereocenters. The molecular formula is C27H29NO6. The molecular weight excluding hydrogens is 434 g/mol. The molecule has 2 N–H and O–H groups in total. The summed E-state index contributed by atoms with van der Waals surface area (Å²) in [7, 11) is 0. The topological polar surface area (TPSA) is 114 Å². The van der Waals surface area contributed by atoms with Crippen LogP contribution in [0.5, 0.6) is 0 Å². The van der Waals surface area contributed by atoms with E-state index in [2.05, 4.69) is 11.6 Å². The van der Waals surface area contributed by atoms with Gasteiger partial charge in [-0.3, -0.25) is 19.4 Å². The number of carbonyl (C=O) groups excluding carboxylic acids is 3. The average molecular weight is 464 g/mol. The van der Waals surface area contributed by atoms with Crippen LogP contribution in [0.25, 0.3) is 0 Å². The van der Waals surface area contributed by atoms with E-state index in [0.29, 0.717) is 36.8 Å². The van der Waals surface area contributed by atoms with E-state index in [4.69, 9.17) is 4.74 Å². The van der Waals surface area contributed by atoms with E-state index in [1.807, 2.05) is 13.8 Å². The summed E-state index contributed by atoms with van der Waals surface area (Å²) in [5.74, 6) is -4.48. The number of rotatable bonds is 2. The number of ketones is 3. The van der Waals surface area contributed by atoms with Crippen molar-refractivity contribution in [3.63, 3.8) is 0 Å². The maximum Gasteiger partial charge on any atom is 0.205 e. The number of aliphatic hydroxyl groups is 2. The number of nitrogens with zero attached hydrogens (tertiary/aromatic N) is 1. The van der Waals surface area contributed by atoms with E-state index in [1.165, 1.54) is 12.4 Å². The standard InChI is InChI=1S/C27H29NO6/c1-13-15-4-5-16-24-12-34-27(33,21(31)19(24)23(2,3)9-6-17(24)29)26(16)18(15)25(13,22(26)32)20(30)14-7-10-28-11-8-14/h7-8,10-11,15-16,18-19,21,31,33H,1,4-6,9,12H2,2-3H3. The molecule has 5 saturated carbocycles. The van der Waals surface area contributed by atoms with E-state index < -0.39 is 57.1 Å². The van der Waals surface area contributed by atoms with Crippen LogP contribution in [0.15, 0.2) is 36.7 Å². The van der Waals surface area contributed by atoms with E-state index in [9.17, 15) is 24.6 Å². The molecule has 7 aliphatic rings. The zero-order valence-electron chi connectivity index (χ0n) is 19.4. The Kier molecular flexibility index (Phi) is 3.58. The molecule has 1 aromatic rings. The monoisotopic (exact) mass is 463 g/mol. The molecule has 7 heteroatoms. The first-order chi connectivity index (χ1) is 16.0. The lowest BCUT2D eigenvalue weighted by atomic mass is 9.18. The van der Waals surface area contributed by atoms with Gasteiger partial charge in [-0.05, 0) is 48.6 Å². The number of aromatic nitrogens is 1. The Hall–Kier alpha value is -2.22. The summed E-state index contributed by atoms with van der Waals surface area (Å²) >= 11 is 0. The number of hydrogen-bond donors (Lipinski definition) is 2. The predicted molar refractivity (Wildman–Crippen MR) is 118 cm³/mol. The van der Waals surface area contributed by atoms with Gasteiger partial charge in [-0.15, -0.1) is 0 Å². The maximum absolute atomic E-state index is 14.5. The van der Waals surface area contributed by atoms with Gasteiger partial charge in [0.25, 0.3) is 0 Å². The van der Waals surface area contributed by atoms with Gasteiger partial charge in [0, 0.05) is 36.2 Å². The normalized spacial score (nSPS) is 51.5. The minimum absolute atomic E-state index is 0.0107. The zero-order chi connectivity index (χ0) is 24.1. The van der Waals surface area contributed by atoms with Crippen LogP contribution in [0.1, 0.15) is 49.9 Å². The first-order valence-electron chi connectivity index (χ1n) is 12.3. The molecule has 9 atom stereocenters. The van der Waals surface area contributed by atoms with Crippen molar-refractivity contribution in [2.24, 2.45) is 45.3 Å². The van der Waals surface area contributed by atoms with Gasteiger partial charge in [0.2, 0.25) is 5.79 Å². The van der Waals surface area contributed by atoms with Crippen LogP contribution in [-0.4, -0.2) is 51.0 Å². The first-order valence-corrected chi connectivity index (χ1v) is 12.3. The van der Waals surface area contributed by atoms with Gasteiger partial charge in [-0.25, -0.2) is 0 Å². The van der Waals surface area contributed by atoms with Crippen LogP contribution in [0.4, 0.5) is 0 Å². The molecule has 34 heavy (non-hydrogen) atoms. The Morgan fingerprint density at radius 1 is 1.18 bits per heavy atom. The average Bonchev–Trinajstić information content (AvgIpc) is 2.82. The van der Waals surface area contributed by atoms with Crippen LogP contribution in [-0.2, 0) is 14.3 Å². The molecule has 3 heterocycles. The molecule has 7 fully saturated rings. The number of aliphatic hydroxyl groups excluding tert-OH is 1. The number of carbonyl (C=O) groups is 3. The SMILES string of the molecule is C=C1C2CCC3C45COC(O)(C(O)C4C(C)(C)CCC5=O)C34C(=O)C1(C(=O)c1ccncc1)C24. The van der Waals surface area contributed by atoms with Crippen LogP contribution in [0.3, 0.4) is 0 Å². The third kappa shape index (κ3) is 1.69. The van der Waals surface area contributed by atoms with E-state index in [-0.39, 0.29) is 24.1 Å². The van der Waals surface area contributed by atoms with Crippen molar-refractivity contribution in [1.29, 1.82) is 0 Å². The molecule has 8 rings (SSSR count). The molecule has 5 aliphatic carbocycles. The fraction of sp³-hybridized carbons (Fsp3) is 0.630. The number of allylic oxidation sites excluding steroid dienone is 1. The van der Waals surface area contributed by atoms with Gasteiger partial charge >= 0.3 is 0 Å².